The summed E-state index contributed by atoms with van der Waals surface area (Å²) in [5.74, 6) is -2.88. The molecule has 0 radical (unpaired) electrons. The highest BCUT2D eigenvalue weighted by Gasteiger charge is 2.62. The summed E-state index contributed by atoms with van der Waals surface area (Å²) in [6.07, 6.45) is 1.01. The van der Waals surface area contributed by atoms with Crippen LogP contribution in [-0.2, 0) is 38.7 Å². The van der Waals surface area contributed by atoms with Crippen LogP contribution in [0.1, 0.15) is 78.4 Å². The fourth-order valence-electron chi connectivity index (χ4n) is 6.52. The number of hydrogen-bond donors (Lipinski definition) is 4. The zero-order valence-electron chi connectivity index (χ0n) is 34.8. The van der Waals surface area contributed by atoms with Gasteiger partial charge in [0.25, 0.3) is 5.91 Å². The molecule has 1 heterocycles. The molecule has 5 atom stereocenters. The van der Waals surface area contributed by atoms with Crippen LogP contribution in [0.3, 0.4) is 0 Å². The molecule has 19 heteroatoms. The van der Waals surface area contributed by atoms with E-state index >= 15 is 0 Å². The van der Waals surface area contributed by atoms with Gasteiger partial charge in [-0.3, -0.25) is 24.4 Å². The number of amides is 5. The van der Waals surface area contributed by atoms with Crippen LogP contribution in [0.4, 0.5) is 21.0 Å². The maximum atomic E-state index is 14.3. The molecule has 2 saturated carbocycles. The van der Waals surface area contributed by atoms with Crippen molar-refractivity contribution in [1.29, 1.82) is 0 Å². The second-order valence-electron chi connectivity index (χ2n) is 17.1. The average molecular weight is 892 g/mol. The number of carbonyl (C=O) groups excluding carboxylic acids is 6. The van der Waals surface area contributed by atoms with Gasteiger partial charge in [-0.2, -0.15) is 4.99 Å². The second-order valence-corrected chi connectivity index (χ2v) is 19.8. The molecule has 2 aliphatic carbocycles. The summed E-state index contributed by atoms with van der Waals surface area (Å²) in [6, 6.07) is 7.94. The minimum atomic E-state index is -3.92. The Balaban J connectivity index is 0.000000624. The fraction of sp³-hybridized carbons (Fsp3) is 0.512. The fourth-order valence-corrected chi connectivity index (χ4v) is 8.41. The molecule has 326 valence electrons. The van der Waals surface area contributed by atoms with Gasteiger partial charge in [0.2, 0.25) is 27.9 Å². The van der Waals surface area contributed by atoms with Gasteiger partial charge in [0.05, 0.1) is 33.2 Å². The van der Waals surface area contributed by atoms with E-state index in [1.807, 2.05) is 19.1 Å². The molecule has 0 spiro atoms. The lowest BCUT2D eigenvalue weighted by Crippen LogP contribution is -2.60. The lowest BCUT2D eigenvalue weighted by Gasteiger charge is -2.36. The topological polar surface area (TPSA) is 219 Å². The van der Waals surface area contributed by atoms with Gasteiger partial charge in [-0.15, -0.1) is 6.58 Å². The van der Waals surface area contributed by atoms with E-state index in [0.717, 1.165) is 5.56 Å². The van der Waals surface area contributed by atoms with Crippen molar-refractivity contribution in [3.8, 4) is 0 Å². The number of para-hydroxylation sites is 2. The van der Waals surface area contributed by atoms with Crippen LogP contribution in [0.25, 0.3) is 0 Å². The Morgan fingerprint density at radius 3 is 2.12 bits per heavy atom. The van der Waals surface area contributed by atoms with Crippen molar-refractivity contribution in [3.05, 3.63) is 70.2 Å². The average Bonchev–Trinajstić information content (AvgIpc) is 4.06. The van der Waals surface area contributed by atoms with E-state index < -0.39 is 85.8 Å². The van der Waals surface area contributed by atoms with Crippen molar-refractivity contribution in [2.24, 2.45) is 16.3 Å². The Bertz CT molecular complexity index is 2140. The number of sulfonamides is 1. The van der Waals surface area contributed by atoms with Crippen LogP contribution in [-0.4, -0.2) is 90.4 Å². The highest BCUT2D eigenvalue weighted by atomic mass is 35.5. The number of rotatable bonds is 11. The standard InChI is InChI=1S/C33H46ClN5O9S.C8H6ClNO/c1-9-19-16-33(19,28(42)38-49(45,46)21-13-14-21)37-26(40)23-15-20(47-29(43)35-24-18(2)11-10-12-22(24)34)17-39(23)27(41)25(31(3,4)5)36-30(44)48-32(6,7)8;1-6-3-2-4-7(9)8(6)10-5-11/h9-12,19-21,23,25H,1,13-17H2,2-8H3,(H,35,43)(H,36,44)(H,37,40)(H,38,42);2-4H,1H3/t19?,20-,23+,25-,33-;/m1./s1. The van der Waals surface area contributed by atoms with Crippen LogP contribution in [0, 0.1) is 25.2 Å². The quantitative estimate of drug-likeness (QED) is 0.111. The number of halogens is 2. The molecular formula is C41H52Cl2N6O10S. The first-order valence-electron chi connectivity index (χ1n) is 19.2. The molecule has 3 fully saturated rings. The van der Waals surface area contributed by atoms with Crippen LogP contribution in [0.15, 0.2) is 54.0 Å². The number of likely N-dealkylation sites (tertiary alicyclic amines) is 1. The van der Waals surface area contributed by atoms with Crippen molar-refractivity contribution < 1.29 is 46.7 Å². The van der Waals surface area contributed by atoms with Crippen molar-refractivity contribution in [1.82, 2.24) is 20.3 Å². The molecule has 1 unspecified atom stereocenters. The number of isocyanates is 1. The Labute approximate surface area is 360 Å². The SMILES string of the molecule is C=CC1C[C@]1(NC(=O)[C@@H]1C[C@@H](OC(=O)Nc2c(C)cccc2Cl)CN1C(=O)[C@@H](NC(=O)OC(C)(C)C)C(C)(C)C)C(=O)NS(=O)(=O)C1CC1.Cc1cccc(Cl)c1N=C=O. The van der Waals surface area contributed by atoms with E-state index in [1.54, 1.807) is 72.7 Å². The molecule has 5 rings (SSSR count). The smallest absolute Gasteiger partial charge is 0.412 e. The minimum Gasteiger partial charge on any atom is -0.444 e. The first kappa shape index (κ1) is 47.7. The number of ether oxygens (including phenoxy) is 2. The second kappa shape index (κ2) is 18.8. The normalized spacial score (nSPS) is 21.4. The van der Waals surface area contributed by atoms with Gasteiger partial charge in [0, 0.05) is 12.3 Å². The number of anilines is 1. The first-order chi connectivity index (χ1) is 27.8. The van der Waals surface area contributed by atoms with E-state index in [-0.39, 0.29) is 24.4 Å². The maximum absolute atomic E-state index is 14.3. The predicted octanol–water partition coefficient (Wildman–Crippen LogP) is 6.39. The van der Waals surface area contributed by atoms with Crippen LogP contribution in [0.5, 0.6) is 0 Å². The summed E-state index contributed by atoms with van der Waals surface area (Å²) in [7, 11) is -3.92. The van der Waals surface area contributed by atoms with Gasteiger partial charge in [-0.05, 0) is 82.6 Å². The van der Waals surface area contributed by atoms with Crippen LogP contribution >= 0.6 is 23.2 Å². The summed E-state index contributed by atoms with van der Waals surface area (Å²) < 4.78 is 38.3. The Morgan fingerprint density at radius 1 is 0.983 bits per heavy atom. The summed E-state index contributed by atoms with van der Waals surface area (Å²) in [5.41, 5.74) is -0.931. The van der Waals surface area contributed by atoms with Crippen molar-refractivity contribution in [2.75, 3.05) is 11.9 Å². The van der Waals surface area contributed by atoms with E-state index in [1.165, 1.54) is 17.1 Å². The van der Waals surface area contributed by atoms with Crippen molar-refractivity contribution in [3.63, 3.8) is 0 Å². The molecule has 16 nitrogen and oxygen atoms in total. The molecule has 4 N–H and O–H groups in total. The number of benzene rings is 2. The van der Waals surface area contributed by atoms with E-state index in [9.17, 15) is 37.2 Å². The molecule has 60 heavy (non-hydrogen) atoms. The summed E-state index contributed by atoms with van der Waals surface area (Å²) >= 11 is 12.0. The number of hydrogen-bond acceptors (Lipinski definition) is 11. The highest BCUT2D eigenvalue weighted by Crippen LogP contribution is 2.45. The first-order valence-corrected chi connectivity index (χ1v) is 21.5. The monoisotopic (exact) mass is 890 g/mol. The third-order valence-electron chi connectivity index (χ3n) is 9.94. The summed E-state index contributed by atoms with van der Waals surface area (Å²) in [6.45, 7) is 17.3. The van der Waals surface area contributed by atoms with Crippen molar-refractivity contribution >= 4 is 80.6 Å². The van der Waals surface area contributed by atoms with Crippen LogP contribution < -0.4 is 20.7 Å². The zero-order valence-corrected chi connectivity index (χ0v) is 37.1. The number of carbonyl (C=O) groups is 5. The lowest BCUT2D eigenvalue weighted by atomic mass is 9.85. The third-order valence-corrected chi connectivity index (χ3v) is 12.4. The van der Waals surface area contributed by atoms with Gasteiger partial charge in [-0.1, -0.05) is 74.3 Å². The summed E-state index contributed by atoms with van der Waals surface area (Å²) in [4.78, 5) is 82.0. The number of aliphatic imine (C=N–C) groups is 1. The van der Waals surface area contributed by atoms with Crippen molar-refractivity contribution in [2.45, 2.75) is 116 Å². The zero-order chi connectivity index (χ0) is 45.0. The van der Waals surface area contributed by atoms with E-state index in [4.69, 9.17) is 32.7 Å². The molecular weight excluding hydrogens is 839 g/mol. The highest BCUT2D eigenvalue weighted by molar-refractivity contribution is 7.91. The molecule has 3 aliphatic rings. The number of alkyl carbamates (subject to hydrolysis) is 1. The van der Waals surface area contributed by atoms with Gasteiger partial charge in [-0.25, -0.2) is 22.8 Å². The van der Waals surface area contributed by atoms with Gasteiger partial charge in [0.15, 0.2) is 0 Å². The summed E-state index contributed by atoms with van der Waals surface area (Å²) in [5, 5.41) is 8.02. The number of nitrogens with zero attached hydrogens (tertiary/aromatic N) is 2. The Kier molecular flexibility index (Phi) is 14.9. The minimum absolute atomic E-state index is 0.0965. The van der Waals surface area contributed by atoms with Gasteiger partial charge in [0.1, 0.15) is 29.3 Å². The Hall–Kier alpha value is -4.96. The molecule has 1 aliphatic heterocycles. The molecule has 0 aromatic heterocycles. The predicted molar refractivity (Wildman–Crippen MR) is 226 cm³/mol. The largest absolute Gasteiger partial charge is 0.444 e. The van der Waals surface area contributed by atoms with Crippen LogP contribution in [0.2, 0.25) is 10.0 Å². The molecule has 1 saturated heterocycles. The maximum Gasteiger partial charge on any atom is 0.412 e. The van der Waals surface area contributed by atoms with Gasteiger partial charge >= 0.3 is 12.2 Å². The molecule has 2 aromatic carbocycles. The Morgan fingerprint density at radius 2 is 1.60 bits per heavy atom. The van der Waals surface area contributed by atoms with E-state index in [2.05, 4.69) is 32.2 Å². The lowest BCUT2D eigenvalue weighted by molar-refractivity contribution is -0.143. The molecule has 2 aromatic rings. The van der Waals surface area contributed by atoms with Gasteiger partial charge < -0.3 is 25.0 Å². The number of nitrogens with one attached hydrogen (secondary N) is 4. The number of aryl methyl sites for hydroxylation is 2. The molecule has 0 bridgehead atoms. The third kappa shape index (κ3) is 12.1. The molecule has 5 amide bonds. The van der Waals surface area contributed by atoms with E-state index in [0.29, 0.717) is 34.8 Å².